The number of aromatic carboxylic acids is 1. The summed E-state index contributed by atoms with van der Waals surface area (Å²) in [5.74, 6) is -2.58. The van der Waals surface area contributed by atoms with E-state index in [1.807, 2.05) is 58.0 Å². The van der Waals surface area contributed by atoms with Crippen LogP contribution in [0.15, 0.2) is 54.6 Å². The Bertz CT molecular complexity index is 1110. The molecule has 206 valence electrons. The van der Waals surface area contributed by atoms with E-state index in [1.165, 1.54) is 17.0 Å². The summed E-state index contributed by atoms with van der Waals surface area (Å²) in [5, 5.41) is 14.9. The Hall–Kier alpha value is -3.72. The number of carbonyl (C=O) groups excluding carboxylic acids is 3. The molecular weight excluding hydrogens is 484 g/mol. The molecule has 0 saturated heterocycles. The summed E-state index contributed by atoms with van der Waals surface area (Å²) >= 11 is 0. The zero-order valence-electron chi connectivity index (χ0n) is 22.8. The predicted molar refractivity (Wildman–Crippen MR) is 148 cm³/mol. The summed E-state index contributed by atoms with van der Waals surface area (Å²) in [4.78, 5) is 53.1. The lowest BCUT2D eigenvalue weighted by Crippen LogP contribution is -2.57. The number of carboxylic acid groups (broad SMARTS) is 1. The number of nitrogens with zero attached hydrogens (tertiary/aromatic N) is 1. The Labute approximate surface area is 224 Å². The minimum Gasteiger partial charge on any atom is -0.478 e. The van der Waals surface area contributed by atoms with Gasteiger partial charge in [0, 0.05) is 13.5 Å². The smallest absolute Gasteiger partial charge is 0.337 e. The fourth-order valence-electron chi connectivity index (χ4n) is 4.10. The third-order valence-corrected chi connectivity index (χ3v) is 6.69. The van der Waals surface area contributed by atoms with Crippen molar-refractivity contribution in [3.05, 3.63) is 65.7 Å². The van der Waals surface area contributed by atoms with Gasteiger partial charge >= 0.3 is 5.97 Å². The van der Waals surface area contributed by atoms with E-state index < -0.39 is 35.9 Å². The first-order chi connectivity index (χ1) is 18.0. The summed E-state index contributed by atoms with van der Waals surface area (Å²) in [7, 11) is 1.55. The average Bonchev–Trinajstić information content (AvgIpc) is 2.90. The normalized spacial score (nSPS) is 14.2. The first-order valence-electron chi connectivity index (χ1n) is 13.0. The van der Waals surface area contributed by atoms with Gasteiger partial charge in [-0.05, 0) is 36.0 Å². The van der Waals surface area contributed by atoms with Crippen molar-refractivity contribution in [2.24, 2.45) is 17.6 Å². The van der Waals surface area contributed by atoms with Gasteiger partial charge in [-0.15, -0.1) is 0 Å². The van der Waals surface area contributed by atoms with Crippen molar-refractivity contribution in [1.82, 2.24) is 10.2 Å². The van der Waals surface area contributed by atoms with Gasteiger partial charge in [0.1, 0.15) is 12.1 Å². The summed E-state index contributed by atoms with van der Waals surface area (Å²) in [6.45, 7) is 7.67. The molecule has 2 aromatic carbocycles. The van der Waals surface area contributed by atoms with Crippen LogP contribution in [0.2, 0.25) is 0 Å². The van der Waals surface area contributed by atoms with Crippen molar-refractivity contribution in [2.75, 3.05) is 12.4 Å². The zero-order valence-corrected chi connectivity index (χ0v) is 22.8. The lowest BCUT2D eigenvalue weighted by molar-refractivity contribution is -0.141. The van der Waals surface area contributed by atoms with E-state index in [0.29, 0.717) is 12.8 Å². The molecule has 0 fully saturated rings. The molecule has 0 spiro atoms. The van der Waals surface area contributed by atoms with Gasteiger partial charge in [-0.25, -0.2) is 4.79 Å². The Kier molecular flexibility index (Phi) is 11.5. The molecule has 0 aliphatic heterocycles. The Balaban J connectivity index is 2.33. The molecule has 9 nitrogen and oxygen atoms in total. The minimum absolute atomic E-state index is 0.0477. The second-order valence-electron chi connectivity index (χ2n) is 10.1. The van der Waals surface area contributed by atoms with Crippen LogP contribution in [0.4, 0.5) is 5.69 Å². The second-order valence-corrected chi connectivity index (χ2v) is 10.1. The highest BCUT2D eigenvalue weighted by atomic mass is 16.4. The second kappa shape index (κ2) is 14.3. The topological polar surface area (TPSA) is 142 Å². The molecule has 0 aromatic heterocycles. The number of likely N-dealkylation sites (N-methyl/N-ethyl adjacent to an activating group) is 1. The molecule has 38 heavy (non-hydrogen) atoms. The molecule has 5 N–H and O–H groups in total. The van der Waals surface area contributed by atoms with Gasteiger partial charge in [-0.1, -0.05) is 76.6 Å². The highest BCUT2D eigenvalue weighted by Crippen LogP contribution is 2.18. The molecule has 0 radical (unpaired) electrons. The number of anilines is 1. The van der Waals surface area contributed by atoms with Gasteiger partial charge in [0.05, 0.1) is 17.3 Å². The fourth-order valence-corrected chi connectivity index (χ4v) is 4.10. The first kappa shape index (κ1) is 30.5. The number of nitrogens with one attached hydrogen (secondary N) is 2. The maximum Gasteiger partial charge on any atom is 0.337 e. The van der Waals surface area contributed by atoms with E-state index in [1.54, 1.807) is 19.2 Å². The number of benzene rings is 2. The number of amides is 3. The van der Waals surface area contributed by atoms with Crippen molar-refractivity contribution in [3.8, 4) is 0 Å². The van der Waals surface area contributed by atoms with Gasteiger partial charge in [-0.2, -0.15) is 0 Å². The van der Waals surface area contributed by atoms with Crippen molar-refractivity contribution in [3.63, 3.8) is 0 Å². The highest BCUT2D eigenvalue weighted by Gasteiger charge is 2.34. The van der Waals surface area contributed by atoms with Gasteiger partial charge in [0.2, 0.25) is 17.7 Å². The van der Waals surface area contributed by atoms with Crippen molar-refractivity contribution >= 4 is 29.4 Å². The van der Waals surface area contributed by atoms with Crippen LogP contribution in [0.5, 0.6) is 0 Å². The molecule has 9 heteroatoms. The minimum atomic E-state index is -1.17. The number of para-hydroxylation sites is 1. The lowest BCUT2D eigenvalue weighted by Gasteiger charge is -2.32. The first-order valence-corrected chi connectivity index (χ1v) is 13.0. The molecule has 3 amide bonds. The van der Waals surface area contributed by atoms with Crippen molar-refractivity contribution in [1.29, 1.82) is 0 Å². The number of rotatable bonds is 13. The van der Waals surface area contributed by atoms with Crippen molar-refractivity contribution < 1.29 is 24.3 Å². The van der Waals surface area contributed by atoms with E-state index in [-0.39, 0.29) is 35.4 Å². The van der Waals surface area contributed by atoms with E-state index >= 15 is 0 Å². The standard InChI is InChI=1S/C29H40N4O5/c1-6-19(4)25(30)28(36)33(5)24(17-20-12-8-7-9-13-20)27(35)32-23(16-18(2)3)26(34)31-22-15-11-10-14-21(22)29(37)38/h7-15,18-19,23-25H,6,16-17,30H2,1-5H3,(H,31,34)(H,32,35)(H,37,38)/t19-,23+,24-,25+/m1/s1. The number of hydrogen-bond acceptors (Lipinski definition) is 5. The highest BCUT2D eigenvalue weighted by molar-refractivity contribution is 6.03. The van der Waals surface area contributed by atoms with Crippen LogP contribution in [0.1, 0.15) is 56.5 Å². The van der Waals surface area contributed by atoms with Crippen LogP contribution < -0.4 is 16.4 Å². The molecule has 0 heterocycles. The van der Waals surface area contributed by atoms with E-state index in [2.05, 4.69) is 10.6 Å². The molecular formula is C29H40N4O5. The van der Waals surface area contributed by atoms with Crippen LogP contribution >= 0.6 is 0 Å². The Morgan fingerprint density at radius 2 is 1.55 bits per heavy atom. The molecule has 0 bridgehead atoms. The number of nitrogens with two attached hydrogens (primary N) is 1. The third kappa shape index (κ3) is 8.41. The van der Waals surface area contributed by atoms with Gasteiger partial charge in [0.25, 0.3) is 0 Å². The SMILES string of the molecule is CC[C@@H](C)[C@H](N)C(=O)N(C)[C@H](Cc1ccccc1)C(=O)N[C@@H](CC(C)C)C(=O)Nc1ccccc1C(=O)O. The van der Waals surface area contributed by atoms with Crippen LogP contribution in [-0.2, 0) is 20.8 Å². The van der Waals surface area contributed by atoms with Crippen LogP contribution in [0.25, 0.3) is 0 Å². The molecule has 2 aromatic rings. The summed E-state index contributed by atoms with van der Waals surface area (Å²) < 4.78 is 0. The molecule has 4 atom stereocenters. The van der Waals surface area contributed by atoms with Crippen LogP contribution in [0, 0.1) is 11.8 Å². The Morgan fingerprint density at radius 3 is 2.13 bits per heavy atom. The number of carboxylic acids is 1. The quantitative estimate of drug-likeness (QED) is 0.317. The average molecular weight is 525 g/mol. The molecule has 0 saturated carbocycles. The third-order valence-electron chi connectivity index (χ3n) is 6.69. The zero-order chi connectivity index (χ0) is 28.4. The number of hydrogen-bond donors (Lipinski definition) is 4. The van der Waals surface area contributed by atoms with Gasteiger partial charge in [-0.3, -0.25) is 14.4 Å². The van der Waals surface area contributed by atoms with Gasteiger partial charge in [0.15, 0.2) is 0 Å². The lowest BCUT2D eigenvalue weighted by atomic mass is 9.96. The Morgan fingerprint density at radius 1 is 0.947 bits per heavy atom. The van der Waals surface area contributed by atoms with E-state index in [0.717, 1.165) is 5.56 Å². The van der Waals surface area contributed by atoms with Crippen LogP contribution in [-0.4, -0.2) is 58.9 Å². The van der Waals surface area contributed by atoms with Crippen molar-refractivity contribution in [2.45, 2.75) is 65.1 Å². The van der Waals surface area contributed by atoms with E-state index in [4.69, 9.17) is 5.73 Å². The maximum atomic E-state index is 13.7. The maximum absolute atomic E-state index is 13.7. The summed E-state index contributed by atoms with van der Waals surface area (Å²) in [6.07, 6.45) is 1.26. The molecule has 0 unspecified atom stereocenters. The fraction of sp³-hybridized carbons (Fsp3) is 0.448. The largest absolute Gasteiger partial charge is 0.478 e. The van der Waals surface area contributed by atoms with E-state index in [9.17, 15) is 24.3 Å². The summed E-state index contributed by atoms with van der Waals surface area (Å²) in [6, 6.07) is 12.8. The number of carbonyl (C=O) groups is 4. The monoisotopic (exact) mass is 524 g/mol. The molecule has 0 aliphatic rings. The predicted octanol–water partition coefficient (Wildman–Crippen LogP) is 3.30. The van der Waals surface area contributed by atoms with Gasteiger partial charge < -0.3 is 26.4 Å². The molecule has 2 rings (SSSR count). The molecule has 0 aliphatic carbocycles. The summed E-state index contributed by atoms with van der Waals surface area (Å²) in [5.41, 5.74) is 7.15. The van der Waals surface area contributed by atoms with Crippen LogP contribution in [0.3, 0.4) is 0 Å².